The third-order valence-corrected chi connectivity index (χ3v) is 3.75. The summed E-state index contributed by atoms with van der Waals surface area (Å²) in [6.45, 7) is 0.529. The summed E-state index contributed by atoms with van der Waals surface area (Å²) < 4.78 is 10.8. The Labute approximate surface area is 135 Å². The van der Waals surface area contributed by atoms with Crippen LogP contribution in [0.5, 0.6) is 5.75 Å². The summed E-state index contributed by atoms with van der Waals surface area (Å²) in [7, 11) is 0. The van der Waals surface area contributed by atoms with Crippen LogP contribution in [-0.4, -0.2) is 42.8 Å². The second-order valence-electron chi connectivity index (χ2n) is 5.60. The van der Waals surface area contributed by atoms with Gasteiger partial charge in [-0.25, -0.2) is 4.79 Å². The Morgan fingerprint density at radius 1 is 1.22 bits per heavy atom. The maximum atomic E-state index is 12.0. The molecule has 1 amide bonds. The van der Waals surface area contributed by atoms with E-state index >= 15 is 0 Å². The molecular weight excluding hydrogens is 298 g/mol. The van der Waals surface area contributed by atoms with E-state index in [2.05, 4.69) is 5.32 Å². The van der Waals surface area contributed by atoms with Gasteiger partial charge in [0.2, 0.25) is 0 Å². The average molecular weight is 321 g/mol. The van der Waals surface area contributed by atoms with Gasteiger partial charge in [0.1, 0.15) is 5.75 Å². The summed E-state index contributed by atoms with van der Waals surface area (Å²) in [5, 5.41) is 11.4. The molecule has 0 atom stereocenters. The van der Waals surface area contributed by atoms with Gasteiger partial charge in [-0.05, 0) is 31.0 Å². The van der Waals surface area contributed by atoms with Crippen LogP contribution < -0.4 is 10.1 Å². The molecule has 0 aliphatic heterocycles. The highest BCUT2D eigenvalue weighted by molar-refractivity contribution is 5.94. The summed E-state index contributed by atoms with van der Waals surface area (Å²) in [4.78, 5) is 22.5. The van der Waals surface area contributed by atoms with Gasteiger partial charge in [0.15, 0.2) is 6.61 Å². The van der Waals surface area contributed by atoms with Gasteiger partial charge in [-0.15, -0.1) is 0 Å². The third kappa shape index (κ3) is 6.28. The van der Waals surface area contributed by atoms with Gasteiger partial charge >= 0.3 is 5.97 Å². The first-order valence-electron chi connectivity index (χ1n) is 7.99. The molecule has 1 aromatic rings. The van der Waals surface area contributed by atoms with Crippen LogP contribution in [0.1, 0.15) is 42.5 Å². The van der Waals surface area contributed by atoms with E-state index in [4.69, 9.17) is 14.6 Å². The number of amides is 1. The molecule has 1 aromatic carbocycles. The summed E-state index contributed by atoms with van der Waals surface area (Å²) >= 11 is 0. The summed E-state index contributed by atoms with van der Waals surface area (Å²) in [5.74, 6) is -0.920. The second kappa shape index (κ2) is 9.15. The Kier molecular flexibility index (Phi) is 6.87. The largest absolute Gasteiger partial charge is 0.482 e. The normalized spacial score (nSPS) is 15.1. The SMILES string of the molecule is O=C(O)COc1cccc(C(=O)NCCOC2CCCCC2)c1. The van der Waals surface area contributed by atoms with Crippen molar-refractivity contribution in [2.45, 2.75) is 38.2 Å². The van der Waals surface area contributed by atoms with Crippen molar-refractivity contribution in [3.8, 4) is 5.75 Å². The predicted octanol–water partition coefficient (Wildman–Crippen LogP) is 2.23. The lowest BCUT2D eigenvalue weighted by atomic mass is 9.98. The molecule has 23 heavy (non-hydrogen) atoms. The lowest BCUT2D eigenvalue weighted by Gasteiger charge is -2.22. The van der Waals surface area contributed by atoms with Crippen LogP contribution >= 0.6 is 0 Å². The molecule has 2 rings (SSSR count). The third-order valence-electron chi connectivity index (χ3n) is 3.75. The zero-order valence-electron chi connectivity index (χ0n) is 13.1. The van der Waals surface area contributed by atoms with Gasteiger partial charge in [0, 0.05) is 12.1 Å². The molecule has 6 heteroatoms. The van der Waals surface area contributed by atoms with Gasteiger partial charge < -0.3 is 19.9 Å². The van der Waals surface area contributed by atoms with Crippen LogP contribution in [0.2, 0.25) is 0 Å². The Bertz CT molecular complexity index is 525. The lowest BCUT2D eigenvalue weighted by molar-refractivity contribution is -0.139. The van der Waals surface area contributed by atoms with Crippen LogP contribution in [0.4, 0.5) is 0 Å². The Hall–Kier alpha value is -2.08. The number of carboxylic acids is 1. The smallest absolute Gasteiger partial charge is 0.341 e. The number of aliphatic carboxylic acids is 1. The minimum atomic E-state index is -1.06. The highest BCUT2D eigenvalue weighted by Crippen LogP contribution is 2.19. The number of hydrogen-bond acceptors (Lipinski definition) is 4. The molecule has 2 N–H and O–H groups in total. The molecule has 1 saturated carbocycles. The number of ether oxygens (including phenoxy) is 2. The molecule has 0 saturated heterocycles. The number of benzene rings is 1. The van der Waals surface area contributed by atoms with E-state index in [0.29, 0.717) is 30.6 Å². The predicted molar refractivity (Wildman–Crippen MR) is 84.7 cm³/mol. The molecule has 0 heterocycles. The molecule has 0 spiro atoms. The summed E-state index contributed by atoms with van der Waals surface area (Å²) in [6.07, 6.45) is 6.28. The number of nitrogens with one attached hydrogen (secondary N) is 1. The van der Waals surface area contributed by atoms with Crippen molar-refractivity contribution in [1.29, 1.82) is 0 Å². The van der Waals surface area contributed by atoms with Crippen molar-refractivity contribution in [3.63, 3.8) is 0 Å². The molecule has 126 valence electrons. The highest BCUT2D eigenvalue weighted by Gasteiger charge is 2.13. The molecule has 6 nitrogen and oxygen atoms in total. The van der Waals surface area contributed by atoms with Gasteiger partial charge in [-0.1, -0.05) is 25.3 Å². The Morgan fingerprint density at radius 2 is 2.00 bits per heavy atom. The van der Waals surface area contributed by atoms with Gasteiger partial charge in [0.05, 0.1) is 12.7 Å². The molecule has 0 unspecified atom stereocenters. The monoisotopic (exact) mass is 321 g/mol. The molecule has 1 fully saturated rings. The first-order chi connectivity index (χ1) is 11.1. The van der Waals surface area contributed by atoms with Gasteiger partial charge in [0.25, 0.3) is 5.91 Å². The van der Waals surface area contributed by atoms with E-state index in [1.165, 1.54) is 25.3 Å². The molecular formula is C17H23NO5. The van der Waals surface area contributed by atoms with Crippen molar-refractivity contribution < 1.29 is 24.2 Å². The minimum absolute atomic E-state index is 0.224. The fourth-order valence-corrected chi connectivity index (χ4v) is 2.60. The topological polar surface area (TPSA) is 84.9 Å². The van der Waals surface area contributed by atoms with Crippen LogP contribution in [0.15, 0.2) is 24.3 Å². The number of carboxylic acid groups (broad SMARTS) is 1. The van der Waals surface area contributed by atoms with Crippen molar-refractivity contribution >= 4 is 11.9 Å². The Balaban J connectivity index is 1.72. The van der Waals surface area contributed by atoms with Crippen molar-refractivity contribution in [2.75, 3.05) is 19.8 Å². The zero-order valence-corrected chi connectivity index (χ0v) is 13.1. The fraction of sp³-hybridized carbons (Fsp3) is 0.529. The van der Waals surface area contributed by atoms with Crippen LogP contribution in [0.25, 0.3) is 0 Å². The van der Waals surface area contributed by atoms with Crippen molar-refractivity contribution in [2.24, 2.45) is 0 Å². The molecule has 0 bridgehead atoms. The zero-order chi connectivity index (χ0) is 16.5. The summed E-state index contributed by atoms with van der Waals surface area (Å²) in [5.41, 5.74) is 0.436. The first kappa shape index (κ1) is 17.3. The Morgan fingerprint density at radius 3 is 2.74 bits per heavy atom. The molecule has 0 radical (unpaired) electrons. The quantitative estimate of drug-likeness (QED) is 0.717. The van der Waals surface area contributed by atoms with Crippen molar-refractivity contribution in [3.05, 3.63) is 29.8 Å². The van der Waals surface area contributed by atoms with E-state index < -0.39 is 12.6 Å². The van der Waals surface area contributed by atoms with Gasteiger partial charge in [-0.2, -0.15) is 0 Å². The highest BCUT2D eigenvalue weighted by atomic mass is 16.5. The number of carbonyl (C=O) groups is 2. The average Bonchev–Trinajstić information content (AvgIpc) is 2.58. The lowest BCUT2D eigenvalue weighted by Crippen LogP contribution is -2.29. The maximum Gasteiger partial charge on any atom is 0.341 e. The standard InChI is InChI=1S/C17H23NO5/c19-16(20)12-23-15-8-4-5-13(11-15)17(21)18-9-10-22-14-6-2-1-3-7-14/h4-5,8,11,14H,1-3,6-7,9-10,12H2,(H,18,21)(H,19,20). The molecule has 1 aliphatic rings. The van der Waals surface area contributed by atoms with Crippen LogP contribution in [0.3, 0.4) is 0 Å². The van der Waals surface area contributed by atoms with E-state index in [1.807, 2.05) is 0 Å². The number of hydrogen-bond donors (Lipinski definition) is 2. The second-order valence-corrected chi connectivity index (χ2v) is 5.60. The maximum absolute atomic E-state index is 12.0. The van der Waals surface area contributed by atoms with Crippen LogP contribution in [0, 0.1) is 0 Å². The first-order valence-corrected chi connectivity index (χ1v) is 7.99. The van der Waals surface area contributed by atoms with E-state index in [-0.39, 0.29) is 5.91 Å². The van der Waals surface area contributed by atoms with E-state index in [0.717, 1.165) is 12.8 Å². The molecule has 1 aliphatic carbocycles. The minimum Gasteiger partial charge on any atom is -0.482 e. The molecule has 0 aromatic heterocycles. The van der Waals surface area contributed by atoms with E-state index in [9.17, 15) is 9.59 Å². The van der Waals surface area contributed by atoms with Crippen LogP contribution in [-0.2, 0) is 9.53 Å². The van der Waals surface area contributed by atoms with E-state index in [1.54, 1.807) is 18.2 Å². The number of rotatable bonds is 8. The van der Waals surface area contributed by atoms with Crippen molar-refractivity contribution in [1.82, 2.24) is 5.32 Å². The summed E-state index contributed by atoms with van der Waals surface area (Å²) in [6, 6.07) is 6.46. The van der Waals surface area contributed by atoms with Gasteiger partial charge in [-0.3, -0.25) is 4.79 Å². The number of carbonyl (C=O) groups excluding carboxylic acids is 1. The fourth-order valence-electron chi connectivity index (χ4n) is 2.60.